The van der Waals surface area contributed by atoms with E-state index in [1.54, 1.807) is 7.05 Å². The highest BCUT2D eigenvalue weighted by atomic mass is 15.0. The fourth-order valence-electron chi connectivity index (χ4n) is 2.59. The molecule has 0 unspecified atom stereocenters. The molecule has 3 heteroatoms. The zero-order valence-electron chi connectivity index (χ0n) is 14.1. The molecule has 0 bridgehead atoms. The largest absolute Gasteiger partial charge is 0.270 e. The van der Waals surface area contributed by atoms with E-state index in [0.717, 1.165) is 22.3 Å². The van der Waals surface area contributed by atoms with Crippen LogP contribution < -0.4 is 0 Å². The molecule has 0 amide bonds. The Balaban J connectivity index is 1.99. The van der Waals surface area contributed by atoms with Crippen molar-refractivity contribution in [3.05, 3.63) is 96.1 Å². The number of rotatable bonds is 3. The second-order valence-electron chi connectivity index (χ2n) is 5.45. The Labute approximate surface area is 148 Å². The summed E-state index contributed by atoms with van der Waals surface area (Å²) in [6, 6.07) is 28.2. The summed E-state index contributed by atoms with van der Waals surface area (Å²) in [5.41, 5.74) is 4.15. The van der Waals surface area contributed by atoms with Crippen molar-refractivity contribution in [1.82, 2.24) is 0 Å². The number of hydrogen-bond donors (Lipinski definition) is 0. The van der Waals surface area contributed by atoms with E-state index in [9.17, 15) is 0 Å². The topological polar surface area (TPSA) is 37.1 Å². The van der Waals surface area contributed by atoms with Gasteiger partial charge in [-0.2, -0.15) is 0 Å². The van der Waals surface area contributed by atoms with Gasteiger partial charge < -0.3 is 0 Å². The Morgan fingerprint density at radius 1 is 0.680 bits per heavy atom. The van der Waals surface area contributed by atoms with Gasteiger partial charge in [-0.05, 0) is 23.9 Å². The van der Waals surface area contributed by atoms with Crippen LogP contribution in [0.3, 0.4) is 0 Å². The highest BCUT2D eigenvalue weighted by Gasteiger charge is 2.07. The Morgan fingerprint density at radius 3 is 1.92 bits per heavy atom. The molecule has 3 aromatic rings. The molecule has 0 fully saturated rings. The maximum Gasteiger partial charge on any atom is 0.161 e. The first kappa shape index (κ1) is 16.5. The normalized spacial score (nSPS) is 12.0. The van der Waals surface area contributed by atoms with E-state index < -0.39 is 0 Å². The molecular weight excluding hydrogens is 306 g/mol. The summed E-state index contributed by atoms with van der Waals surface area (Å²) in [6.45, 7) is 3.65. The first-order valence-corrected chi connectivity index (χ1v) is 8.05. The second-order valence-corrected chi connectivity index (χ2v) is 5.45. The van der Waals surface area contributed by atoms with Gasteiger partial charge in [0.2, 0.25) is 0 Å². The van der Waals surface area contributed by atoms with E-state index in [4.69, 9.17) is 0 Å². The van der Waals surface area contributed by atoms with Crippen LogP contribution in [0.15, 0.2) is 99.9 Å². The van der Waals surface area contributed by atoms with Gasteiger partial charge >= 0.3 is 0 Å². The van der Waals surface area contributed by atoms with Gasteiger partial charge in [0.25, 0.3) is 0 Å². The maximum absolute atomic E-state index is 4.63. The molecule has 3 aromatic carbocycles. The quantitative estimate of drug-likeness (QED) is 0.486. The summed E-state index contributed by atoms with van der Waals surface area (Å²) < 4.78 is 0. The molecule has 0 atom stereocenters. The molecule has 25 heavy (non-hydrogen) atoms. The summed E-state index contributed by atoms with van der Waals surface area (Å²) in [6.07, 6.45) is 0. The Hall–Kier alpha value is -3.33. The van der Waals surface area contributed by atoms with Crippen LogP contribution in [0, 0.1) is 0 Å². The minimum atomic E-state index is 0.561. The molecule has 0 aliphatic rings. The van der Waals surface area contributed by atoms with E-state index in [1.165, 1.54) is 0 Å². The van der Waals surface area contributed by atoms with Gasteiger partial charge in [0.05, 0.1) is 0 Å². The minimum Gasteiger partial charge on any atom is -0.270 e. The van der Waals surface area contributed by atoms with E-state index in [-0.39, 0.29) is 0 Å². The van der Waals surface area contributed by atoms with Gasteiger partial charge in [0.15, 0.2) is 11.7 Å². The van der Waals surface area contributed by atoms with Crippen LogP contribution in [0.4, 0.5) is 0 Å². The van der Waals surface area contributed by atoms with E-state index in [1.807, 2.05) is 60.7 Å². The van der Waals surface area contributed by atoms with Gasteiger partial charge in [-0.25, -0.2) is 9.98 Å². The highest BCUT2D eigenvalue weighted by Crippen LogP contribution is 2.20. The fraction of sp³-hybridized carbons (Fsp3) is 0.0455. The number of hydrogen-bond acceptors (Lipinski definition) is 1. The van der Waals surface area contributed by atoms with Crippen molar-refractivity contribution in [3.8, 4) is 11.1 Å². The lowest BCUT2D eigenvalue weighted by atomic mass is 10.0. The Morgan fingerprint density at radius 2 is 1.28 bits per heavy atom. The van der Waals surface area contributed by atoms with Crippen molar-refractivity contribution >= 4 is 18.4 Å². The van der Waals surface area contributed by atoms with Crippen LogP contribution >= 0.6 is 0 Å². The standard InChI is InChI=1S/C22H19N3/c1-23-21(18-12-7-4-8-13-18)25-22(24-2)20-15-9-14-19(16-20)17-10-5-3-6-11-17/h3-16H,1H2,2H3. The minimum absolute atomic E-state index is 0.561. The molecule has 0 heterocycles. The third-order valence-corrected chi connectivity index (χ3v) is 3.83. The van der Waals surface area contributed by atoms with Gasteiger partial charge in [-0.15, -0.1) is 0 Å². The first-order chi connectivity index (χ1) is 12.3. The number of amidine groups is 2. The van der Waals surface area contributed by atoms with Crippen LogP contribution in [-0.2, 0) is 0 Å². The molecule has 0 saturated heterocycles. The predicted molar refractivity (Wildman–Crippen MR) is 107 cm³/mol. The first-order valence-electron chi connectivity index (χ1n) is 8.05. The predicted octanol–water partition coefficient (Wildman–Crippen LogP) is 4.88. The summed E-state index contributed by atoms with van der Waals surface area (Å²) in [4.78, 5) is 13.0. The van der Waals surface area contributed by atoms with Gasteiger partial charge in [-0.3, -0.25) is 4.99 Å². The summed E-state index contributed by atoms with van der Waals surface area (Å²) in [7, 11) is 1.74. The molecule has 122 valence electrons. The van der Waals surface area contributed by atoms with E-state index in [2.05, 4.69) is 46.0 Å². The van der Waals surface area contributed by atoms with E-state index >= 15 is 0 Å². The van der Waals surface area contributed by atoms with Crippen molar-refractivity contribution in [2.75, 3.05) is 7.05 Å². The number of nitrogens with zero attached hydrogens (tertiary/aromatic N) is 3. The zero-order chi connectivity index (χ0) is 17.5. The fourth-order valence-corrected chi connectivity index (χ4v) is 2.59. The lowest BCUT2D eigenvalue weighted by Gasteiger charge is -2.07. The molecule has 0 aliphatic heterocycles. The summed E-state index contributed by atoms with van der Waals surface area (Å²) in [5.74, 6) is 1.19. The molecule has 0 radical (unpaired) electrons. The highest BCUT2D eigenvalue weighted by molar-refractivity contribution is 6.12. The molecule has 0 aromatic heterocycles. The van der Waals surface area contributed by atoms with Crippen LogP contribution in [0.2, 0.25) is 0 Å². The maximum atomic E-state index is 4.63. The van der Waals surface area contributed by atoms with Crippen molar-refractivity contribution in [3.63, 3.8) is 0 Å². The van der Waals surface area contributed by atoms with Crippen molar-refractivity contribution < 1.29 is 0 Å². The zero-order valence-corrected chi connectivity index (χ0v) is 14.1. The average Bonchev–Trinajstić information content (AvgIpc) is 2.70. The van der Waals surface area contributed by atoms with Crippen LogP contribution in [0.1, 0.15) is 11.1 Å². The molecule has 0 aliphatic carbocycles. The second kappa shape index (κ2) is 7.97. The third kappa shape index (κ3) is 3.96. The average molecular weight is 325 g/mol. The Kier molecular flexibility index (Phi) is 5.27. The number of aliphatic imine (C=N–C) groups is 3. The van der Waals surface area contributed by atoms with Crippen LogP contribution in [-0.4, -0.2) is 25.4 Å². The Bertz CT molecular complexity index is 910. The van der Waals surface area contributed by atoms with Crippen molar-refractivity contribution in [1.29, 1.82) is 0 Å². The SMILES string of the molecule is C=NC(=NC(=NC)c1cccc(-c2ccccc2)c1)c1ccccc1. The molecular formula is C22H19N3. The van der Waals surface area contributed by atoms with Gasteiger partial charge in [0, 0.05) is 18.2 Å². The lowest BCUT2D eigenvalue weighted by Crippen LogP contribution is -2.04. The summed E-state index contributed by atoms with van der Waals surface area (Å²) in [5, 5.41) is 0. The molecule has 0 saturated carbocycles. The van der Waals surface area contributed by atoms with E-state index in [0.29, 0.717) is 11.7 Å². The third-order valence-electron chi connectivity index (χ3n) is 3.83. The van der Waals surface area contributed by atoms with Crippen molar-refractivity contribution in [2.45, 2.75) is 0 Å². The lowest BCUT2D eigenvalue weighted by molar-refractivity contribution is 1.37. The molecule has 3 rings (SSSR count). The number of benzene rings is 3. The molecule has 0 N–H and O–H groups in total. The monoisotopic (exact) mass is 325 g/mol. The molecule has 3 nitrogen and oxygen atoms in total. The van der Waals surface area contributed by atoms with Crippen LogP contribution in [0.5, 0.6) is 0 Å². The van der Waals surface area contributed by atoms with Gasteiger partial charge in [0.1, 0.15) is 0 Å². The molecule has 0 spiro atoms. The van der Waals surface area contributed by atoms with Crippen LogP contribution in [0.25, 0.3) is 11.1 Å². The summed E-state index contributed by atoms with van der Waals surface area (Å²) >= 11 is 0. The van der Waals surface area contributed by atoms with Gasteiger partial charge in [-0.1, -0.05) is 78.9 Å². The van der Waals surface area contributed by atoms with Crippen molar-refractivity contribution in [2.24, 2.45) is 15.0 Å². The smallest absolute Gasteiger partial charge is 0.161 e.